The molecular formula is C12H11NO3. The molecule has 0 bridgehead atoms. The normalized spacial score (nSPS) is 16.4. The molecule has 1 fully saturated rings. The number of piperidine rings is 1. The molecule has 2 rings (SSSR count). The van der Waals surface area contributed by atoms with E-state index in [9.17, 15) is 14.4 Å². The lowest BCUT2D eigenvalue weighted by Crippen LogP contribution is -2.44. The molecule has 1 aromatic rings. The van der Waals surface area contributed by atoms with Crippen LogP contribution in [0.25, 0.3) is 0 Å². The van der Waals surface area contributed by atoms with Gasteiger partial charge < -0.3 is 4.90 Å². The molecule has 0 radical (unpaired) electrons. The Morgan fingerprint density at radius 2 is 1.56 bits per heavy atom. The van der Waals surface area contributed by atoms with Gasteiger partial charge in [-0.2, -0.15) is 0 Å². The van der Waals surface area contributed by atoms with Gasteiger partial charge in [0.1, 0.15) is 0 Å². The van der Waals surface area contributed by atoms with Crippen LogP contribution in [0.5, 0.6) is 0 Å². The third kappa shape index (κ3) is 2.16. The fraction of sp³-hybridized carbons (Fsp3) is 0.250. The lowest BCUT2D eigenvalue weighted by molar-refractivity contribution is -0.131. The number of hydrogen-bond donors (Lipinski definition) is 0. The minimum absolute atomic E-state index is 0.0411. The number of carbonyl (C=O) groups is 3. The first-order valence-corrected chi connectivity index (χ1v) is 5.04. The summed E-state index contributed by atoms with van der Waals surface area (Å²) in [5.41, 5.74) is 0.505. The molecule has 0 saturated carbocycles. The predicted octanol–water partition coefficient (Wildman–Crippen LogP) is 0.671. The van der Waals surface area contributed by atoms with Crippen molar-refractivity contribution in [3.05, 3.63) is 35.9 Å². The number of benzene rings is 1. The van der Waals surface area contributed by atoms with Crippen molar-refractivity contribution < 1.29 is 14.4 Å². The van der Waals surface area contributed by atoms with Crippen molar-refractivity contribution in [1.29, 1.82) is 0 Å². The monoisotopic (exact) mass is 217 g/mol. The topological polar surface area (TPSA) is 54.5 Å². The third-order valence-corrected chi connectivity index (χ3v) is 2.44. The molecule has 1 saturated heterocycles. The Balaban J connectivity index is 2.16. The van der Waals surface area contributed by atoms with Crippen LogP contribution < -0.4 is 0 Å². The lowest BCUT2D eigenvalue weighted by atomic mass is 10.1. The molecule has 1 aliphatic heterocycles. The van der Waals surface area contributed by atoms with Crippen molar-refractivity contribution in [3.63, 3.8) is 0 Å². The fourth-order valence-corrected chi connectivity index (χ4v) is 1.72. The molecule has 0 aliphatic carbocycles. The van der Waals surface area contributed by atoms with Crippen LogP contribution in [0.1, 0.15) is 16.8 Å². The van der Waals surface area contributed by atoms with E-state index in [1.807, 2.05) is 6.07 Å². The highest BCUT2D eigenvalue weighted by Crippen LogP contribution is 2.09. The molecule has 0 aromatic heterocycles. The number of carbonyl (C=O) groups excluding carboxylic acids is 3. The number of amides is 1. The van der Waals surface area contributed by atoms with Gasteiger partial charge in [0, 0.05) is 5.56 Å². The first kappa shape index (κ1) is 10.5. The molecule has 1 heterocycles. The van der Waals surface area contributed by atoms with Crippen LogP contribution in [0, 0.1) is 0 Å². The summed E-state index contributed by atoms with van der Waals surface area (Å²) in [5.74, 6) is -0.650. The summed E-state index contributed by atoms with van der Waals surface area (Å²) in [7, 11) is 0. The minimum atomic E-state index is -0.262. The van der Waals surface area contributed by atoms with Gasteiger partial charge in [-0.15, -0.1) is 0 Å². The molecular weight excluding hydrogens is 206 g/mol. The molecule has 4 heteroatoms. The van der Waals surface area contributed by atoms with Crippen molar-refractivity contribution in [3.8, 4) is 0 Å². The van der Waals surface area contributed by atoms with Crippen molar-refractivity contribution in [1.82, 2.24) is 4.90 Å². The zero-order valence-corrected chi connectivity index (χ0v) is 8.68. The van der Waals surface area contributed by atoms with Crippen LogP contribution in [-0.4, -0.2) is 35.5 Å². The van der Waals surface area contributed by atoms with Gasteiger partial charge in [-0.1, -0.05) is 18.2 Å². The van der Waals surface area contributed by atoms with E-state index in [-0.39, 0.29) is 37.0 Å². The van der Waals surface area contributed by atoms with E-state index in [4.69, 9.17) is 0 Å². The maximum atomic E-state index is 11.9. The summed E-state index contributed by atoms with van der Waals surface area (Å²) < 4.78 is 0. The van der Waals surface area contributed by atoms with E-state index in [1.54, 1.807) is 24.3 Å². The number of nitrogens with zero attached hydrogens (tertiary/aromatic N) is 1. The van der Waals surface area contributed by atoms with Crippen LogP contribution in [0.3, 0.4) is 0 Å². The Morgan fingerprint density at radius 1 is 1.00 bits per heavy atom. The van der Waals surface area contributed by atoms with E-state index in [0.29, 0.717) is 5.56 Å². The Hall–Kier alpha value is -1.97. The van der Waals surface area contributed by atoms with E-state index in [1.165, 1.54) is 4.90 Å². The van der Waals surface area contributed by atoms with Gasteiger partial charge in [0.2, 0.25) is 0 Å². The van der Waals surface area contributed by atoms with Crippen molar-refractivity contribution >= 4 is 17.5 Å². The third-order valence-electron chi connectivity index (χ3n) is 2.44. The predicted molar refractivity (Wildman–Crippen MR) is 57.0 cm³/mol. The van der Waals surface area contributed by atoms with Crippen molar-refractivity contribution in [2.24, 2.45) is 0 Å². The summed E-state index contributed by atoms with van der Waals surface area (Å²) in [4.78, 5) is 35.6. The minimum Gasteiger partial charge on any atom is -0.324 e. The van der Waals surface area contributed by atoms with Crippen molar-refractivity contribution in [2.75, 3.05) is 13.1 Å². The Morgan fingerprint density at radius 3 is 2.12 bits per heavy atom. The van der Waals surface area contributed by atoms with E-state index in [2.05, 4.69) is 0 Å². The quantitative estimate of drug-likeness (QED) is 0.650. The second kappa shape index (κ2) is 4.26. The highest BCUT2D eigenvalue weighted by molar-refractivity contribution is 6.08. The molecule has 0 unspecified atom stereocenters. The van der Waals surface area contributed by atoms with Gasteiger partial charge in [-0.25, -0.2) is 0 Å². The molecule has 82 valence electrons. The second-order valence-corrected chi connectivity index (χ2v) is 3.78. The zero-order valence-electron chi connectivity index (χ0n) is 8.68. The summed E-state index contributed by atoms with van der Waals surface area (Å²) >= 11 is 0. The number of rotatable bonds is 1. The van der Waals surface area contributed by atoms with Gasteiger partial charge in [-0.05, 0) is 12.1 Å². The lowest BCUT2D eigenvalue weighted by Gasteiger charge is -2.24. The molecule has 0 atom stereocenters. The summed E-state index contributed by atoms with van der Waals surface area (Å²) in [6, 6.07) is 8.66. The molecule has 1 aromatic carbocycles. The van der Waals surface area contributed by atoms with Gasteiger partial charge in [0.05, 0.1) is 19.5 Å². The van der Waals surface area contributed by atoms with Crippen LogP contribution in [0.4, 0.5) is 0 Å². The fourth-order valence-electron chi connectivity index (χ4n) is 1.72. The number of hydrogen-bond acceptors (Lipinski definition) is 3. The van der Waals surface area contributed by atoms with Gasteiger partial charge >= 0.3 is 0 Å². The number of ketones is 2. The summed E-state index contributed by atoms with van der Waals surface area (Å²) in [5, 5.41) is 0. The average molecular weight is 217 g/mol. The Bertz CT molecular complexity index is 423. The maximum Gasteiger partial charge on any atom is 0.254 e. The molecule has 1 aliphatic rings. The summed E-state index contributed by atoms with van der Waals surface area (Å²) in [6.07, 6.45) is -0.0431. The largest absolute Gasteiger partial charge is 0.324 e. The molecule has 16 heavy (non-hydrogen) atoms. The Labute approximate surface area is 92.9 Å². The van der Waals surface area contributed by atoms with Crippen LogP contribution in [0.2, 0.25) is 0 Å². The average Bonchev–Trinajstić information content (AvgIpc) is 2.28. The SMILES string of the molecule is O=C1CC(=O)CN(C(=O)c2ccccc2)C1. The highest BCUT2D eigenvalue weighted by atomic mass is 16.2. The molecule has 1 amide bonds. The Kier molecular flexibility index (Phi) is 2.81. The first-order chi connectivity index (χ1) is 7.66. The number of likely N-dealkylation sites (tertiary alicyclic amines) is 1. The van der Waals surface area contributed by atoms with Crippen molar-refractivity contribution in [2.45, 2.75) is 6.42 Å². The number of Topliss-reactive ketones (excluding diaryl/α,β-unsaturated/α-hetero) is 2. The first-order valence-electron chi connectivity index (χ1n) is 5.04. The molecule has 0 N–H and O–H groups in total. The van der Waals surface area contributed by atoms with Gasteiger partial charge in [0.15, 0.2) is 11.6 Å². The van der Waals surface area contributed by atoms with E-state index in [0.717, 1.165) is 0 Å². The second-order valence-electron chi connectivity index (χ2n) is 3.78. The highest BCUT2D eigenvalue weighted by Gasteiger charge is 2.27. The van der Waals surface area contributed by atoms with Crippen LogP contribution in [-0.2, 0) is 9.59 Å². The van der Waals surface area contributed by atoms with Crippen LogP contribution in [0.15, 0.2) is 30.3 Å². The molecule has 4 nitrogen and oxygen atoms in total. The summed E-state index contributed by atoms with van der Waals surface area (Å²) in [6.45, 7) is 0.0823. The molecule has 0 spiro atoms. The standard InChI is InChI=1S/C12H11NO3/c14-10-6-11(15)8-13(7-10)12(16)9-4-2-1-3-5-9/h1-5H,6-8H2. The van der Waals surface area contributed by atoms with E-state index < -0.39 is 0 Å². The van der Waals surface area contributed by atoms with Gasteiger partial charge in [0.25, 0.3) is 5.91 Å². The smallest absolute Gasteiger partial charge is 0.254 e. The van der Waals surface area contributed by atoms with E-state index >= 15 is 0 Å². The van der Waals surface area contributed by atoms with Gasteiger partial charge in [-0.3, -0.25) is 14.4 Å². The van der Waals surface area contributed by atoms with Crippen LogP contribution >= 0.6 is 0 Å². The maximum absolute atomic E-state index is 11.9. The zero-order chi connectivity index (χ0) is 11.5.